The number of nitrogen functional groups attached to an aromatic ring is 1. The van der Waals surface area contributed by atoms with Gasteiger partial charge in [-0.2, -0.15) is 0 Å². The Kier molecular flexibility index (Phi) is 5.17. The molecule has 2 rings (SSSR count). The first-order valence-electron chi connectivity index (χ1n) is 7.32. The van der Waals surface area contributed by atoms with Crippen LogP contribution < -0.4 is 5.73 Å². The highest BCUT2D eigenvalue weighted by molar-refractivity contribution is 6.33. The van der Waals surface area contributed by atoms with Gasteiger partial charge < -0.3 is 5.73 Å². The fourth-order valence-corrected chi connectivity index (χ4v) is 2.60. The maximum absolute atomic E-state index is 6.25. The third kappa shape index (κ3) is 3.94. The second kappa shape index (κ2) is 6.89. The van der Waals surface area contributed by atoms with Crippen molar-refractivity contribution in [2.45, 2.75) is 46.1 Å². The molecule has 21 heavy (non-hydrogen) atoms. The van der Waals surface area contributed by atoms with Crippen molar-refractivity contribution >= 4 is 17.3 Å². The molecule has 0 fully saturated rings. The van der Waals surface area contributed by atoms with Crippen molar-refractivity contribution in [2.24, 2.45) is 5.92 Å². The predicted octanol–water partition coefficient (Wildman–Crippen LogP) is 3.96. The molecule has 1 atom stereocenters. The van der Waals surface area contributed by atoms with Crippen molar-refractivity contribution in [3.8, 4) is 11.4 Å². The van der Waals surface area contributed by atoms with Crippen LogP contribution in [0, 0.1) is 5.92 Å². The Balaban J connectivity index is 2.18. The van der Waals surface area contributed by atoms with E-state index in [1.165, 1.54) is 6.42 Å². The molecule has 0 aliphatic rings. The lowest BCUT2D eigenvalue weighted by Gasteiger charge is -2.14. The summed E-state index contributed by atoms with van der Waals surface area (Å²) in [5, 5.41) is 12.6. The monoisotopic (exact) mass is 307 g/mol. The quantitative estimate of drug-likeness (QED) is 0.820. The van der Waals surface area contributed by atoms with E-state index in [0.29, 0.717) is 16.5 Å². The van der Waals surface area contributed by atoms with Crippen LogP contribution in [0.1, 0.15) is 46.1 Å². The summed E-state index contributed by atoms with van der Waals surface area (Å²) in [6.07, 6.45) is 3.42. The average Bonchev–Trinajstić information content (AvgIpc) is 2.87. The molecule has 0 bridgehead atoms. The zero-order valence-corrected chi connectivity index (χ0v) is 13.5. The summed E-state index contributed by atoms with van der Waals surface area (Å²) in [6, 6.07) is 5.63. The Morgan fingerprint density at radius 1 is 1.24 bits per heavy atom. The molecule has 0 aliphatic heterocycles. The lowest BCUT2D eigenvalue weighted by molar-refractivity contribution is 0.414. The lowest BCUT2D eigenvalue weighted by atomic mass is 10.0. The lowest BCUT2D eigenvalue weighted by Crippen LogP contribution is -2.09. The minimum atomic E-state index is 0.238. The van der Waals surface area contributed by atoms with Gasteiger partial charge in [0.1, 0.15) is 0 Å². The molecular weight excluding hydrogens is 286 g/mol. The van der Waals surface area contributed by atoms with E-state index in [1.807, 2.05) is 16.8 Å². The molecule has 0 aliphatic carbocycles. The van der Waals surface area contributed by atoms with Crippen molar-refractivity contribution in [1.29, 1.82) is 0 Å². The first-order chi connectivity index (χ1) is 9.99. The van der Waals surface area contributed by atoms with E-state index in [9.17, 15) is 0 Å². The van der Waals surface area contributed by atoms with E-state index in [0.717, 1.165) is 24.3 Å². The molecule has 0 spiro atoms. The van der Waals surface area contributed by atoms with Crippen LogP contribution in [0.15, 0.2) is 18.2 Å². The van der Waals surface area contributed by atoms with Crippen LogP contribution in [-0.4, -0.2) is 20.2 Å². The van der Waals surface area contributed by atoms with Crippen LogP contribution in [0.5, 0.6) is 0 Å². The minimum absolute atomic E-state index is 0.238. The van der Waals surface area contributed by atoms with Crippen LogP contribution in [0.3, 0.4) is 0 Å². The molecule has 1 heterocycles. The molecule has 1 unspecified atom stereocenters. The number of rotatable bonds is 6. The molecule has 1 aromatic carbocycles. The summed E-state index contributed by atoms with van der Waals surface area (Å²) in [4.78, 5) is 0. The minimum Gasteiger partial charge on any atom is -0.399 e. The van der Waals surface area contributed by atoms with E-state index >= 15 is 0 Å². The number of benzene rings is 1. The zero-order chi connectivity index (χ0) is 15.4. The van der Waals surface area contributed by atoms with Gasteiger partial charge in [0.05, 0.1) is 11.1 Å². The SMILES string of the molecule is CC(C)CCCC(C)n1nnnc1-c1ccc(N)cc1Cl. The number of hydrogen-bond donors (Lipinski definition) is 1. The summed E-state index contributed by atoms with van der Waals surface area (Å²) in [6.45, 7) is 6.61. The third-order valence-corrected chi connectivity index (χ3v) is 3.86. The van der Waals surface area contributed by atoms with Crippen LogP contribution in [0.4, 0.5) is 5.69 Å². The molecule has 2 aromatic rings. The molecule has 0 radical (unpaired) electrons. The van der Waals surface area contributed by atoms with Crippen molar-refractivity contribution in [1.82, 2.24) is 20.2 Å². The first kappa shape index (κ1) is 15.8. The molecule has 0 amide bonds. The molecular formula is C15H22ClN5. The largest absolute Gasteiger partial charge is 0.399 e. The first-order valence-corrected chi connectivity index (χ1v) is 7.70. The maximum atomic E-state index is 6.25. The Morgan fingerprint density at radius 3 is 2.67 bits per heavy atom. The molecule has 0 saturated carbocycles. The summed E-state index contributed by atoms with van der Waals surface area (Å²) in [5.41, 5.74) is 7.17. The van der Waals surface area contributed by atoms with Gasteiger partial charge in [0, 0.05) is 11.3 Å². The van der Waals surface area contributed by atoms with Gasteiger partial charge in [-0.15, -0.1) is 5.10 Å². The van der Waals surface area contributed by atoms with Gasteiger partial charge in [-0.3, -0.25) is 0 Å². The Labute approximate surface area is 130 Å². The number of nitrogens with two attached hydrogens (primary N) is 1. The van der Waals surface area contributed by atoms with Crippen LogP contribution in [0.2, 0.25) is 5.02 Å². The zero-order valence-electron chi connectivity index (χ0n) is 12.8. The highest BCUT2D eigenvalue weighted by Gasteiger charge is 2.17. The van der Waals surface area contributed by atoms with Gasteiger partial charge in [-0.1, -0.05) is 38.3 Å². The number of nitrogens with zero attached hydrogens (tertiary/aromatic N) is 4. The summed E-state index contributed by atoms with van der Waals surface area (Å²) < 4.78 is 1.84. The average molecular weight is 308 g/mol. The van der Waals surface area contributed by atoms with Gasteiger partial charge in [0.2, 0.25) is 0 Å². The molecule has 114 valence electrons. The highest BCUT2D eigenvalue weighted by Crippen LogP contribution is 2.29. The fourth-order valence-electron chi connectivity index (χ4n) is 2.32. The van der Waals surface area contributed by atoms with Gasteiger partial charge in [0.15, 0.2) is 5.82 Å². The summed E-state index contributed by atoms with van der Waals surface area (Å²) in [7, 11) is 0. The Bertz CT molecular complexity index is 593. The van der Waals surface area contributed by atoms with Crippen molar-refractivity contribution in [3.05, 3.63) is 23.2 Å². The van der Waals surface area contributed by atoms with Gasteiger partial charge in [-0.05, 0) is 47.9 Å². The number of hydrogen-bond acceptors (Lipinski definition) is 4. The Morgan fingerprint density at radius 2 is 2.00 bits per heavy atom. The number of tetrazole rings is 1. The van der Waals surface area contributed by atoms with Crippen molar-refractivity contribution in [3.63, 3.8) is 0 Å². The third-order valence-electron chi connectivity index (χ3n) is 3.55. The normalized spacial score (nSPS) is 12.8. The number of aromatic nitrogens is 4. The van der Waals surface area contributed by atoms with E-state index in [2.05, 4.69) is 36.3 Å². The topological polar surface area (TPSA) is 69.6 Å². The standard InChI is InChI=1S/C15H22ClN5/c1-10(2)5-4-6-11(3)21-15(18-19-20-21)13-8-7-12(17)9-14(13)16/h7-11H,4-6,17H2,1-3H3. The smallest absolute Gasteiger partial charge is 0.183 e. The van der Waals surface area contributed by atoms with Crippen LogP contribution in [-0.2, 0) is 0 Å². The summed E-state index contributed by atoms with van der Waals surface area (Å²) in [5.74, 6) is 1.41. The van der Waals surface area contributed by atoms with Gasteiger partial charge >= 0.3 is 0 Å². The Hall–Kier alpha value is -1.62. The van der Waals surface area contributed by atoms with Crippen molar-refractivity contribution < 1.29 is 0 Å². The number of anilines is 1. The molecule has 5 nitrogen and oxygen atoms in total. The molecule has 6 heteroatoms. The van der Waals surface area contributed by atoms with E-state index < -0.39 is 0 Å². The maximum Gasteiger partial charge on any atom is 0.183 e. The van der Waals surface area contributed by atoms with Crippen LogP contribution in [0.25, 0.3) is 11.4 Å². The fraction of sp³-hybridized carbons (Fsp3) is 0.533. The second-order valence-corrected chi connectivity index (χ2v) is 6.27. The predicted molar refractivity (Wildman–Crippen MR) is 86.1 cm³/mol. The molecule has 2 N–H and O–H groups in total. The summed E-state index contributed by atoms with van der Waals surface area (Å²) >= 11 is 6.25. The van der Waals surface area contributed by atoms with Gasteiger partial charge in [0.25, 0.3) is 0 Å². The van der Waals surface area contributed by atoms with Crippen LogP contribution >= 0.6 is 11.6 Å². The molecule has 0 saturated heterocycles. The van der Waals surface area contributed by atoms with Crippen molar-refractivity contribution in [2.75, 3.05) is 5.73 Å². The van der Waals surface area contributed by atoms with E-state index in [1.54, 1.807) is 6.07 Å². The second-order valence-electron chi connectivity index (χ2n) is 5.86. The van der Waals surface area contributed by atoms with Gasteiger partial charge in [-0.25, -0.2) is 4.68 Å². The number of halogens is 1. The molecule has 1 aromatic heterocycles. The van der Waals surface area contributed by atoms with E-state index in [-0.39, 0.29) is 6.04 Å². The van der Waals surface area contributed by atoms with E-state index in [4.69, 9.17) is 17.3 Å². The highest BCUT2D eigenvalue weighted by atomic mass is 35.5.